The van der Waals surface area contributed by atoms with Crippen molar-refractivity contribution in [1.82, 2.24) is 9.78 Å². The highest BCUT2D eigenvalue weighted by Gasteiger charge is 2.25. The fraction of sp³-hybridized carbons (Fsp3) is 0.333. The molecule has 18 heavy (non-hydrogen) atoms. The highest BCUT2D eigenvalue weighted by molar-refractivity contribution is 5.81. The average molecular weight is 244 g/mol. The van der Waals surface area contributed by atoms with Gasteiger partial charge in [0.15, 0.2) is 0 Å². The van der Waals surface area contributed by atoms with E-state index in [0.717, 1.165) is 5.56 Å². The number of hydrogen-bond acceptors (Lipinski definition) is 2. The Hall–Kier alpha value is -1.90. The van der Waals surface area contributed by atoms with Crippen LogP contribution in [0.25, 0.3) is 0 Å². The molecule has 3 rings (SSSR count). The summed E-state index contributed by atoms with van der Waals surface area (Å²) in [7, 11) is 0. The summed E-state index contributed by atoms with van der Waals surface area (Å²) < 4.78 is 33.3. The number of carbonyl (C=O) groups excluding carboxylic acids is 1. The number of aromatic nitrogens is 2. The minimum atomic E-state index is -2.21. The normalized spacial score (nSPS) is 28.2. The molecule has 0 spiro atoms. The molecule has 3 heteroatoms. The van der Waals surface area contributed by atoms with Gasteiger partial charge < -0.3 is 0 Å². The van der Waals surface area contributed by atoms with Crippen molar-refractivity contribution in [2.45, 2.75) is 31.6 Å². The summed E-state index contributed by atoms with van der Waals surface area (Å²) in [6, 6.07) is 11.3. The van der Waals surface area contributed by atoms with Gasteiger partial charge in [-0.2, -0.15) is 5.10 Å². The largest absolute Gasteiger partial charge is 0.300 e. The van der Waals surface area contributed by atoms with Gasteiger partial charge in [-0.3, -0.25) is 9.48 Å². The lowest BCUT2D eigenvalue weighted by atomic mass is 10.1. The van der Waals surface area contributed by atoms with Gasteiger partial charge in [0.25, 0.3) is 0 Å². The molecular weight excluding hydrogens is 224 g/mol. The molecular formula is C15H16N2O. The lowest BCUT2D eigenvalue weighted by Gasteiger charge is -2.04. The molecule has 92 valence electrons. The molecule has 1 aliphatic carbocycles. The molecule has 1 fully saturated rings. The van der Waals surface area contributed by atoms with Crippen molar-refractivity contribution >= 4 is 5.78 Å². The summed E-state index contributed by atoms with van der Waals surface area (Å²) in [6.45, 7) is 0.521. The van der Waals surface area contributed by atoms with Crippen molar-refractivity contribution in [2.24, 2.45) is 0 Å². The Labute approximate surface area is 112 Å². The van der Waals surface area contributed by atoms with Crippen LogP contribution in [0.4, 0.5) is 0 Å². The summed E-state index contributed by atoms with van der Waals surface area (Å²) in [6.07, 6.45) is -2.84. The smallest absolute Gasteiger partial charge is 0.133 e. The van der Waals surface area contributed by atoms with Crippen LogP contribution in [0.5, 0.6) is 0 Å². The number of rotatable bonds is 3. The van der Waals surface area contributed by atoms with Gasteiger partial charge in [0, 0.05) is 30.4 Å². The van der Waals surface area contributed by atoms with Crippen molar-refractivity contribution in [3.05, 3.63) is 53.9 Å². The standard InChI is InChI=1S/C15H16N2O/c18-14-7-6-13(10-14)15-8-9-17(16-15)11-12-4-2-1-3-5-12/h1-5,8-9,13H,6-7,10-11H2/i6D2,10D2. The van der Waals surface area contributed by atoms with Gasteiger partial charge in [-0.1, -0.05) is 30.3 Å². The van der Waals surface area contributed by atoms with Crippen molar-refractivity contribution in [2.75, 3.05) is 0 Å². The predicted octanol–water partition coefficient (Wildman–Crippen LogP) is 2.77. The molecule has 0 bridgehead atoms. The Morgan fingerprint density at radius 1 is 1.33 bits per heavy atom. The molecule has 3 nitrogen and oxygen atoms in total. The van der Waals surface area contributed by atoms with Crippen LogP contribution in [0.1, 0.15) is 41.8 Å². The Kier molecular flexibility index (Phi) is 1.99. The van der Waals surface area contributed by atoms with E-state index in [-0.39, 0.29) is 5.69 Å². The van der Waals surface area contributed by atoms with Gasteiger partial charge in [-0.25, -0.2) is 0 Å². The monoisotopic (exact) mass is 244 g/mol. The van der Waals surface area contributed by atoms with E-state index in [1.807, 2.05) is 30.3 Å². The molecule has 1 aromatic carbocycles. The molecule has 1 unspecified atom stereocenters. The lowest BCUT2D eigenvalue weighted by molar-refractivity contribution is -0.117. The van der Waals surface area contributed by atoms with Gasteiger partial charge in [0.2, 0.25) is 0 Å². The third-order valence-corrected chi connectivity index (χ3v) is 2.92. The van der Waals surface area contributed by atoms with Crippen LogP contribution in [-0.2, 0) is 11.3 Å². The molecule has 0 saturated heterocycles. The van der Waals surface area contributed by atoms with E-state index >= 15 is 0 Å². The molecule has 0 N–H and O–H groups in total. The lowest BCUT2D eigenvalue weighted by Crippen LogP contribution is -2.02. The fourth-order valence-corrected chi connectivity index (χ4v) is 2.03. The Balaban J connectivity index is 1.89. The quantitative estimate of drug-likeness (QED) is 0.832. The number of ketones is 1. The van der Waals surface area contributed by atoms with Gasteiger partial charge in [0.05, 0.1) is 12.2 Å². The highest BCUT2D eigenvalue weighted by atomic mass is 16.1. The maximum absolute atomic E-state index is 11.7. The van der Waals surface area contributed by atoms with Crippen LogP contribution >= 0.6 is 0 Å². The average Bonchev–Trinajstić information content (AvgIpc) is 2.92. The van der Waals surface area contributed by atoms with Gasteiger partial charge in [0.1, 0.15) is 5.78 Å². The van der Waals surface area contributed by atoms with E-state index in [4.69, 9.17) is 5.48 Å². The second kappa shape index (κ2) is 4.77. The molecule has 0 radical (unpaired) electrons. The summed E-state index contributed by atoms with van der Waals surface area (Å²) in [5, 5.41) is 4.30. The van der Waals surface area contributed by atoms with E-state index in [9.17, 15) is 4.79 Å². The molecule has 0 aliphatic heterocycles. The van der Waals surface area contributed by atoms with Crippen molar-refractivity contribution in [1.29, 1.82) is 0 Å². The predicted molar refractivity (Wildman–Crippen MR) is 69.4 cm³/mol. The third-order valence-electron chi connectivity index (χ3n) is 2.92. The second-order valence-electron chi connectivity index (χ2n) is 4.31. The topological polar surface area (TPSA) is 34.9 Å². The zero-order chi connectivity index (χ0) is 16.0. The van der Waals surface area contributed by atoms with Crippen LogP contribution in [0.3, 0.4) is 0 Å². The van der Waals surface area contributed by atoms with Gasteiger partial charge in [-0.15, -0.1) is 0 Å². The van der Waals surface area contributed by atoms with E-state index in [0.29, 0.717) is 6.54 Å². The van der Waals surface area contributed by atoms with Gasteiger partial charge in [-0.05, 0) is 18.0 Å². The zero-order valence-electron chi connectivity index (χ0n) is 13.8. The van der Waals surface area contributed by atoms with Crippen LogP contribution in [-0.4, -0.2) is 15.6 Å². The molecule has 1 heterocycles. The van der Waals surface area contributed by atoms with E-state index < -0.39 is 30.9 Å². The zero-order valence-corrected chi connectivity index (χ0v) is 9.84. The molecule has 1 saturated carbocycles. The molecule has 2 aromatic rings. The number of carbonyl (C=O) groups is 1. The molecule has 1 aromatic heterocycles. The highest BCUT2D eigenvalue weighted by Crippen LogP contribution is 2.30. The second-order valence-corrected chi connectivity index (χ2v) is 4.31. The third kappa shape index (κ3) is 2.35. The Morgan fingerprint density at radius 2 is 2.17 bits per heavy atom. The van der Waals surface area contributed by atoms with E-state index in [1.54, 1.807) is 16.9 Å². The van der Waals surface area contributed by atoms with E-state index in [2.05, 4.69) is 5.10 Å². The molecule has 1 atom stereocenters. The summed E-state index contributed by atoms with van der Waals surface area (Å²) in [4.78, 5) is 11.7. The first-order valence-electron chi connectivity index (χ1n) is 7.91. The van der Waals surface area contributed by atoms with Crippen molar-refractivity contribution < 1.29 is 10.3 Å². The number of nitrogens with zero attached hydrogens (tertiary/aromatic N) is 2. The number of Topliss-reactive ketones (excluding diaryl/α,β-unsaturated/α-hetero) is 1. The number of hydrogen-bond donors (Lipinski definition) is 0. The van der Waals surface area contributed by atoms with Crippen molar-refractivity contribution in [3.63, 3.8) is 0 Å². The maximum Gasteiger partial charge on any atom is 0.133 e. The summed E-state index contributed by atoms with van der Waals surface area (Å²) >= 11 is 0. The van der Waals surface area contributed by atoms with Gasteiger partial charge >= 0.3 is 0 Å². The van der Waals surface area contributed by atoms with Crippen LogP contribution in [0, 0.1) is 0 Å². The maximum atomic E-state index is 11.7. The SMILES string of the molecule is [2H]C1([2H])CC(=O)C([2H])([2H])C1c1ccn(Cc2ccccc2)n1. The van der Waals surface area contributed by atoms with Crippen LogP contribution in [0.15, 0.2) is 42.6 Å². The first-order valence-corrected chi connectivity index (χ1v) is 5.91. The van der Waals surface area contributed by atoms with E-state index in [1.165, 1.54) is 0 Å². The first kappa shape index (κ1) is 7.52. The fourth-order valence-electron chi connectivity index (χ4n) is 2.03. The minimum absolute atomic E-state index is 0.289. The Morgan fingerprint density at radius 3 is 2.89 bits per heavy atom. The first-order chi connectivity index (χ1) is 10.3. The van der Waals surface area contributed by atoms with Crippen molar-refractivity contribution in [3.8, 4) is 0 Å². The van der Waals surface area contributed by atoms with Crippen LogP contribution in [0.2, 0.25) is 0 Å². The van der Waals surface area contributed by atoms with Crippen LogP contribution < -0.4 is 0 Å². The Bertz CT molecular complexity index is 697. The minimum Gasteiger partial charge on any atom is -0.300 e. The summed E-state index contributed by atoms with van der Waals surface area (Å²) in [5.74, 6) is -1.86. The molecule has 0 amide bonds. The number of benzene rings is 1. The molecule has 1 aliphatic rings. The summed E-state index contributed by atoms with van der Waals surface area (Å²) in [5.41, 5.74) is 1.34.